The lowest BCUT2D eigenvalue weighted by atomic mass is 10.0. The number of hydrogen-bond donors (Lipinski definition) is 1. The highest BCUT2D eigenvalue weighted by atomic mass is 16.6. The number of fused-ring (bicyclic) bond motifs is 1. The minimum absolute atomic E-state index is 0.0741. The summed E-state index contributed by atoms with van der Waals surface area (Å²) < 4.78 is 16.3. The third-order valence-corrected chi connectivity index (χ3v) is 5.52. The van der Waals surface area contributed by atoms with E-state index < -0.39 is 0 Å². The minimum atomic E-state index is -0.200. The molecule has 0 fully saturated rings. The SMILES string of the molecule is COc1ccc(C2=NN(CCC(=O)NC(C)c3ccc4c(c3)OCCO4)C(=O)CC2)cc1. The van der Waals surface area contributed by atoms with Crippen LogP contribution < -0.4 is 19.5 Å². The van der Waals surface area contributed by atoms with Crippen LogP contribution in [0.2, 0.25) is 0 Å². The zero-order valence-electron chi connectivity index (χ0n) is 18.3. The number of rotatable bonds is 7. The fraction of sp³-hybridized carbons (Fsp3) is 0.375. The molecule has 2 heterocycles. The number of hydrogen-bond acceptors (Lipinski definition) is 6. The Hall–Kier alpha value is -3.55. The molecule has 2 aliphatic heterocycles. The van der Waals surface area contributed by atoms with Gasteiger partial charge in [0, 0.05) is 19.3 Å². The zero-order chi connectivity index (χ0) is 22.5. The normalized spacial score (nSPS) is 16.2. The second-order valence-corrected chi connectivity index (χ2v) is 7.73. The number of nitrogens with zero attached hydrogens (tertiary/aromatic N) is 2. The number of methoxy groups -OCH3 is 1. The summed E-state index contributed by atoms with van der Waals surface area (Å²) in [5.74, 6) is 1.95. The van der Waals surface area contributed by atoms with Gasteiger partial charge in [0.1, 0.15) is 19.0 Å². The number of benzene rings is 2. The van der Waals surface area contributed by atoms with Crippen LogP contribution in [0.1, 0.15) is 43.4 Å². The van der Waals surface area contributed by atoms with Crippen molar-refractivity contribution >= 4 is 17.5 Å². The van der Waals surface area contributed by atoms with Gasteiger partial charge in [-0.15, -0.1) is 0 Å². The highest BCUT2D eigenvalue weighted by molar-refractivity contribution is 6.04. The Kier molecular flexibility index (Phi) is 6.58. The maximum absolute atomic E-state index is 12.5. The molecule has 8 heteroatoms. The Morgan fingerprint density at radius 3 is 2.62 bits per heavy atom. The lowest BCUT2D eigenvalue weighted by molar-refractivity contribution is -0.132. The largest absolute Gasteiger partial charge is 0.497 e. The Labute approximate surface area is 187 Å². The van der Waals surface area contributed by atoms with Crippen LogP contribution in [0, 0.1) is 0 Å². The smallest absolute Gasteiger partial charge is 0.243 e. The van der Waals surface area contributed by atoms with Crippen molar-refractivity contribution in [2.75, 3.05) is 26.9 Å². The van der Waals surface area contributed by atoms with Crippen LogP contribution in [0.5, 0.6) is 17.2 Å². The topological polar surface area (TPSA) is 89.5 Å². The summed E-state index contributed by atoms with van der Waals surface area (Å²) in [5, 5.41) is 8.87. The quantitative estimate of drug-likeness (QED) is 0.719. The zero-order valence-corrected chi connectivity index (χ0v) is 18.3. The van der Waals surface area contributed by atoms with Gasteiger partial charge in [0.2, 0.25) is 11.8 Å². The minimum Gasteiger partial charge on any atom is -0.497 e. The average molecular weight is 437 g/mol. The fourth-order valence-corrected chi connectivity index (χ4v) is 3.70. The monoisotopic (exact) mass is 437 g/mol. The first-order valence-electron chi connectivity index (χ1n) is 10.7. The van der Waals surface area contributed by atoms with E-state index in [0.29, 0.717) is 37.6 Å². The van der Waals surface area contributed by atoms with Crippen molar-refractivity contribution in [2.45, 2.75) is 32.2 Å². The van der Waals surface area contributed by atoms with Crippen molar-refractivity contribution in [2.24, 2.45) is 5.10 Å². The predicted molar refractivity (Wildman–Crippen MR) is 119 cm³/mol. The second kappa shape index (κ2) is 9.72. The maximum atomic E-state index is 12.5. The standard InChI is InChI=1S/C24H27N3O5/c1-16(18-5-9-21-22(15-18)32-14-13-31-21)25-23(28)11-12-27-24(29)10-8-20(26-27)17-3-6-19(30-2)7-4-17/h3-7,9,15-16H,8,10-14H2,1-2H3,(H,25,28). The summed E-state index contributed by atoms with van der Waals surface area (Å²) in [6, 6.07) is 13.0. The van der Waals surface area contributed by atoms with Gasteiger partial charge in [-0.3, -0.25) is 9.59 Å². The molecule has 168 valence electrons. The summed E-state index contributed by atoms with van der Waals surface area (Å²) in [6.45, 7) is 3.20. The first-order valence-corrected chi connectivity index (χ1v) is 10.7. The molecule has 0 bridgehead atoms. The number of nitrogens with one attached hydrogen (secondary N) is 1. The molecular formula is C24H27N3O5. The van der Waals surface area contributed by atoms with Crippen molar-refractivity contribution in [3.8, 4) is 17.2 Å². The second-order valence-electron chi connectivity index (χ2n) is 7.73. The van der Waals surface area contributed by atoms with Gasteiger partial charge in [-0.05, 0) is 54.4 Å². The molecule has 1 unspecified atom stereocenters. The van der Waals surface area contributed by atoms with Crippen molar-refractivity contribution in [1.82, 2.24) is 10.3 Å². The predicted octanol–water partition coefficient (Wildman–Crippen LogP) is 3.06. The van der Waals surface area contributed by atoms with Crippen LogP contribution in [0.25, 0.3) is 0 Å². The molecule has 0 spiro atoms. The molecule has 4 rings (SSSR count). The Morgan fingerprint density at radius 1 is 1.12 bits per heavy atom. The molecule has 2 aliphatic rings. The third kappa shape index (κ3) is 5.01. The number of amides is 2. The number of ether oxygens (including phenoxy) is 3. The summed E-state index contributed by atoms with van der Waals surface area (Å²) in [5.41, 5.74) is 2.70. The van der Waals surface area contributed by atoms with E-state index in [0.717, 1.165) is 22.6 Å². The van der Waals surface area contributed by atoms with Crippen molar-refractivity contribution in [3.63, 3.8) is 0 Å². The first kappa shape index (κ1) is 21.7. The van der Waals surface area contributed by atoms with Crippen LogP contribution in [-0.4, -0.2) is 49.4 Å². The fourth-order valence-electron chi connectivity index (χ4n) is 3.70. The van der Waals surface area contributed by atoms with Gasteiger partial charge in [0.25, 0.3) is 0 Å². The molecule has 0 saturated carbocycles. The van der Waals surface area contributed by atoms with Crippen LogP contribution in [0.15, 0.2) is 47.6 Å². The first-order chi connectivity index (χ1) is 15.5. The van der Waals surface area contributed by atoms with Gasteiger partial charge in [-0.2, -0.15) is 5.10 Å². The van der Waals surface area contributed by atoms with E-state index in [-0.39, 0.29) is 30.8 Å². The lowest BCUT2D eigenvalue weighted by Gasteiger charge is -2.24. The van der Waals surface area contributed by atoms with Crippen LogP contribution in [0.4, 0.5) is 0 Å². The molecule has 2 amide bonds. The van der Waals surface area contributed by atoms with Crippen molar-refractivity contribution in [3.05, 3.63) is 53.6 Å². The van der Waals surface area contributed by atoms with Gasteiger partial charge in [0.05, 0.1) is 25.4 Å². The molecule has 1 N–H and O–H groups in total. The van der Waals surface area contributed by atoms with E-state index in [1.165, 1.54) is 5.01 Å². The van der Waals surface area contributed by atoms with Gasteiger partial charge < -0.3 is 19.5 Å². The molecule has 2 aromatic carbocycles. The molecule has 32 heavy (non-hydrogen) atoms. The summed E-state index contributed by atoms with van der Waals surface area (Å²) >= 11 is 0. The highest BCUT2D eigenvalue weighted by Gasteiger charge is 2.22. The maximum Gasteiger partial charge on any atom is 0.243 e. The van der Waals surface area contributed by atoms with Crippen LogP contribution >= 0.6 is 0 Å². The van der Waals surface area contributed by atoms with E-state index in [1.807, 2.05) is 49.4 Å². The lowest BCUT2D eigenvalue weighted by Crippen LogP contribution is -2.36. The molecule has 8 nitrogen and oxygen atoms in total. The van der Waals surface area contributed by atoms with Crippen molar-refractivity contribution in [1.29, 1.82) is 0 Å². The average Bonchev–Trinajstić information content (AvgIpc) is 2.83. The number of hydrazone groups is 1. The van der Waals surface area contributed by atoms with Crippen LogP contribution in [0.3, 0.4) is 0 Å². The molecule has 1 atom stereocenters. The molecular weight excluding hydrogens is 410 g/mol. The molecule has 0 aliphatic carbocycles. The number of carbonyl (C=O) groups is 2. The van der Waals surface area contributed by atoms with Gasteiger partial charge in [-0.25, -0.2) is 5.01 Å². The summed E-state index contributed by atoms with van der Waals surface area (Å²) in [4.78, 5) is 24.8. The van der Waals surface area contributed by atoms with Gasteiger partial charge >= 0.3 is 0 Å². The highest BCUT2D eigenvalue weighted by Crippen LogP contribution is 2.32. The third-order valence-electron chi connectivity index (χ3n) is 5.52. The number of carbonyl (C=O) groups excluding carboxylic acids is 2. The molecule has 0 aromatic heterocycles. The Morgan fingerprint density at radius 2 is 1.88 bits per heavy atom. The molecule has 2 aromatic rings. The Bertz CT molecular complexity index is 1020. The summed E-state index contributed by atoms with van der Waals surface area (Å²) in [7, 11) is 1.62. The van der Waals surface area contributed by atoms with E-state index in [1.54, 1.807) is 7.11 Å². The molecule has 0 radical (unpaired) electrons. The Balaban J connectivity index is 1.34. The van der Waals surface area contributed by atoms with E-state index >= 15 is 0 Å². The van der Waals surface area contributed by atoms with E-state index in [4.69, 9.17) is 14.2 Å². The van der Waals surface area contributed by atoms with E-state index in [2.05, 4.69) is 10.4 Å². The molecule has 0 saturated heterocycles. The van der Waals surface area contributed by atoms with Crippen LogP contribution in [-0.2, 0) is 9.59 Å². The summed E-state index contributed by atoms with van der Waals surface area (Å²) in [6.07, 6.45) is 1.12. The van der Waals surface area contributed by atoms with E-state index in [9.17, 15) is 9.59 Å². The van der Waals surface area contributed by atoms with Crippen molar-refractivity contribution < 1.29 is 23.8 Å². The van der Waals surface area contributed by atoms with Gasteiger partial charge in [0.15, 0.2) is 11.5 Å². The van der Waals surface area contributed by atoms with Gasteiger partial charge in [-0.1, -0.05) is 6.07 Å².